The van der Waals surface area contributed by atoms with Crippen molar-refractivity contribution in [3.63, 3.8) is 0 Å². The Balaban J connectivity index is 2.17. The van der Waals surface area contributed by atoms with E-state index in [-0.39, 0.29) is 22.0 Å². The number of primary amides is 1. The number of nitro benzene ring substituents is 1. The Bertz CT molecular complexity index is 779. The van der Waals surface area contributed by atoms with Gasteiger partial charge in [-0.2, -0.15) is 13.2 Å². The number of thioether (sulfide) groups is 1. The molecule has 0 aliphatic heterocycles. The molecule has 0 radical (unpaired) electrons. The summed E-state index contributed by atoms with van der Waals surface area (Å²) in [5, 5.41) is 11.4. The SMILES string of the molecule is NC(=O)c1ccc(CSc2ccc(C(F)(F)F)cn2)c([N+](=O)[O-])c1. The fraction of sp³-hybridized carbons (Fsp3) is 0.143. The molecule has 0 fully saturated rings. The van der Waals surface area contributed by atoms with Crippen molar-refractivity contribution in [3.05, 3.63) is 63.3 Å². The third-order valence-electron chi connectivity index (χ3n) is 3.01. The molecule has 0 saturated heterocycles. The van der Waals surface area contributed by atoms with Gasteiger partial charge in [0.15, 0.2) is 0 Å². The lowest BCUT2D eigenvalue weighted by Gasteiger charge is -2.07. The van der Waals surface area contributed by atoms with Crippen LogP contribution >= 0.6 is 11.8 Å². The fourth-order valence-corrected chi connectivity index (χ4v) is 2.63. The van der Waals surface area contributed by atoms with Crippen LogP contribution < -0.4 is 5.73 Å². The molecular formula is C14H10F3N3O3S. The number of alkyl halides is 3. The average molecular weight is 357 g/mol. The number of nitro groups is 1. The number of carbonyl (C=O) groups is 1. The highest BCUT2D eigenvalue weighted by molar-refractivity contribution is 7.98. The number of amides is 1. The Labute approximate surface area is 138 Å². The number of aromatic nitrogens is 1. The summed E-state index contributed by atoms with van der Waals surface area (Å²) in [6.45, 7) is 0. The molecule has 1 amide bonds. The highest BCUT2D eigenvalue weighted by Crippen LogP contribution is 2.31. The molecule has 0 bridgehead atoms. The van der Waals surface area contributed by atoms with Crippen LogP contribution in [0.1, 0.15) is 21.5 Å². The highest BCUT2D eigenvalue weighted by Gasteiger charge is 2.30. The molecule has 126 valence electrons. The number of nitrogens with two attached hydrogens (primary N) is 1. The number of hydrogen-bond donors (Lipinski definition) is 1. The molecule has 0 atom stereocenters. The van der Waals surface area contributed by atoms with E-state index in [9.17, 15) is 28.1 Å². The van der Waals surface area contributed by atoms with E-state index in [1.807, 2.05) is 0 Å². The molecule has 0 aliphatic rings. The summed E-state index contributed by atoms with van der Waals surface area (Å²) in [6, 6.07) is 5.89. The van der Waals surface area contributed by atoms with Crippen LogP contribution in [0.25, 0.3) is 0 Å². The molecule has 2 rings (SSSR count). The Morgan fingerprint density at radius 1 is 1.29 bits per heavy atom. The maximum Gasteiger partial charge on any atom is 0.417 e. The van der Waals surface area contributed by atoms with Crippen LogP contribution in [0.4, 0.5) is 18.9 Å². The molecule has 10 heteroatoms. The van der Waals surface area contributed by atoms with Gasteiger partial charge >= 0.3 is 6.18 Å². The minimum absolute atomic E-state index is 0.00288. The van der Waals surface area contributed by atoms with Crippen molar-refractivity contribution in [2.75, 3.05) is 0 Å². The lowest BCUT2D eigenvalue weighted by molar-refractivity contribution is -0.385. The maximum absolute atomic E-state index is 12.5. The molecule has 1 heterocycles. The Morgan fingerprint density at radius 3 is 2.50 bits per heavy atom. The molecular weight excluding hydrogens is 347 g/mol. The van der Waals surface area contributed by atoms with Gasteiger partial charge in [-0.15, -0.1) is 11.8 Å². The minimum Gasteiger partial charge on any atom is -0.366 e. The minimum atomic E-state index is -4.47. The van der Waals surface area contributed by atoms with E-state index in [4.69, 9.17) is 5.73 Å². The third-order valence-corrected chi connectivity index (χ3v) is 4.00. The standard InChI is InChI=1S/C14H10F3N3O3S/c15-14(16,17)10-3-4-12(19-6-10)24-7-9-2-1-8(13(18)21)5-11(9)20(22)23/h1-6H,7H2,(H2,18,21). The van der Waals surface area contributed by atoms with Gasteiger partial charge in [-0.1, -0.05) is 6.07 Å². The van der Waals surface area contributed by atoms with Crippen molar-refractivity contribution in [2.24, 2.45) is 5.73 Å². The number of hydrogen-bond acceptors (Lipinski definition) is 5. The zero-order chi connectivity index (χ0) is 17.9. The lowest BCUT2D eigenvalue weighted by Crippen LogP contribution is -2.11. The normalized spacial score (nSPS) is 11.3. The molecule has 0 saturated carbocycles. The molecule has 0 aliphatic carbocycles. The molecule has 1 aromatic carbocycles. The van der Waals surface area contributed by atoms with Crippen molar-refractivity contribution >= 4 is 23.4 Å². The van der Waals surface area contributed by atoms with Gasteiger partial charge in [-0.25, -0.2) is 4.98 Å². The van der Waals surface area contributed by atoms with Crippen molar-refractivity contribution in [2.45, 2.75) is 17.0 Å². The summed E-state index contributed by atoms with van der Waals surface area (Å²) in [5.41, 5.74) is 4.23. The monoisotopic (exact) mass is 357 g/mol. The Kier molecular flexibility index (Phi) is 5.07. The predicted molar refractivity (Wildman–Crippen MR) is 80.4 cm³/mol. The van der Waals surface area contributed by atoms with Gasteiger partial charge in [0.1, 0.15) is 0 Å². The zero-order valence-corrected chi connectivity index (χ0v) is 12.7. The topological polar surface area (TPSA) is 99.1 Å². The number of rotatable bonds is 5. The molecule has 6 nitrogen and oxygen atoms in total. The Morgan fingerprint density at radius 2 is 2.00 bits per heavy atom. The Hall–Kier alpha value is -2.62. The van der Waals surface area contributed by atoms with Crippen molar-refractivity contribution in [1.29, 1.82) is 0 Å². The van der Waals surface area contributed by atoms with E-state index in [0.29, 0.717) is 11.8 Å². The first-order chi connectivity index (χ1) is 11.2. The van der Waals surface area contributed by atoms with Gasteiger partial charge in [0, 0.05) is 29.1 Å². The largest absolute Gasteiger partial charge is 0.417 e. The van der Waals surface area contributed by atoms with Crippen molar-refractivity contribution in [1.82, 2.24) is 4.98 Å². The van der Waals surface area contributed by atoms with Crippen LogP contribution in [-0.4, -0.2) is 15.8 Å². The van der Waals surface area contributed by atoms with Gasteiger partial charge in [0.25, 0.3) is 5.69 Å². The van der Waals surface area contributed by atoms with E-state index in [0.717, 1.165) is 23.9 Å². The number of benzene rings is 1. The van der Waals surface area contributed by atoms with Gasteiger partial charge in [0.05, 0.1) is 15.5 Å². The van der Waals surface area contributed by atoms with Crippen LogP contribution in [0.3, 0.4) is 0 Å². The van der Waals surface area contributed by atoms with Crippen LogP contribution in [0.5, 0.6) is 0 Å². The third kappa shape index (κ3) is 4.22. The van der Waals surface area contributed by atoms with Gasteiger partial charge < -0.3 is 5.73 Å². The molecule has 0 spiro atoms. The average Bonchev–Trinajstić information content (AvgIpc) is 2.52. The van der Waals surface area contributed by atoms with Gasteiger partial charge in [-0.3, -0.25) is 14.9 Å². The first kappa shape index (κ1) is 17.7. The number of nitrogens with zero attached hydrogens (tertiary/aromatic N) is 2. The lowest BCUT2D eigenvalue weighted by atomic mass is 10.1. The van der Waals surface area contributed by atoms with E-state index >= 15 is 0 Å². The molecule has 0 unspecified atom stereocenters. The number of halogens is 3. The number of pyridine rings is 1. The number of carbonyl (C=O) groups excluding carboxylic acids is 1. The molecule has 2 aromatic rings. The quantitative estimate of drug-likeness (QED) is 0.502. The second-order valence-corrected chi connectivity index (χ2v) is 5.63. The smallest absolute Gasteiger partial charge is 0.366 e. The van der Waals surface area contributed by atoms with Crippen LogP contribution in [0, 0.1) is 10.1 Å². The highest BCUT2D eigenvalue weighted by atomic mass is 32.2. The second kappa shape index (κ2) is 6.87. The zero-order valence-electron chi connectivity index (χ0n) is 11.9. The summed E-state index contributed by atoms with van der Waals surface area (Å²) in [7, 11) is 0. The van der Waals surface area contributed by atoms with E-state index < -0.39 is 22.6 Å². The molecule has 2 N–H and O–H groups in total. The van der Waals surface area contributed by atoms with Crippen molar-refractivity contribution in [3.8, 4) is 0 Å². The first-order valence-electron chi connectivity index (χ1n) is 6.41. The molecule has 1 aromatic heterocycles. The summed E-state index contributed by atoms with van der Waals surface area (Å²) in [4.78, 5) is 25.2. The van der Waals surface area contributed by atoms with Gasteiger partial charge in [-0.05, 0) is 18.2 Å². The van der Waals surface area contributed by atoms with Crippen LogP contribution in [0.2, 0.25) is 0 Å². The first-order valence-corrected chi connectivity index (χ1v) is 7.40. The second-order valence-electron chi connectivity index (χ2n) is 4.64. The summed E-state index contributed by atoms with van der Waals surface area (Å²) < 4.78 is 37.4. The predicted octanol–water partition coefficient (Wildman–Crippen LogP) is 3.40. The van der Waals surface area contributed by atoms with Crippen molar-refractivity contribution < 1.29 is 22.9 Å². The van der Waals surface area contributed by atoms with E-state index in [1.54, 1.807) is 0 Å². The fourth-order valence-electron chi connectivity index (χ4n) is 1.79. The summed E-state index contributed by atoms with van der Waals surface area (Å²) in [6.07, 6.45) is -3.77. The summed E-state index contributed by atoms with van der Waals surface area (Å²) >= 11 is 1.04. The van der Waals surface area contributed by atoms with Crippen LogP contribution in [-0.2, 0) is 11.9 Å². The maximum atomic E-state index is 12.5. The van der Waals surface area contributed by atoms with Crippen LogP contribution in [0.15, 0.2) is 41.6 Å². The summed E-state index contributed by atoms with van der Waals surface area (Å²) in [5.74, 6) is -0.685. The van der Waals surface area contributed by atoms with Gasteiger partial charge in [0.2, 0.25) is 5.91 Å². The van der Waals surface area contributed by atoms with E-state index in [2.05, 4.69) is 4.98 Å². The molecule has 24 heavy (non-hydrogen) atoms. The van der Waals surface area contributed by atoms with E-state index in [1.165, 1.54) is 18.2 Å².